The van der Waals surface area contributed by atoms with E-state index in [0.29, 0.717) is 19.6 Å². The molecule has 1 atom stereocenters. The van der Waals surface area contributed by atoms with Crippen LogP contribution < -0.4 is 15.1 Å². The molecular weight excluding hydrogens is 946 g/mol. The number of furan rings is 1. The maximum absolute atomic E-state index is 6.29. The summed E-state index contributed by atoms with van der Waals surface area (Å²) in [5, 5.41) is 7.28. The van der Waals surface area contributed by atoms with Crippen LogP contribution in [0.15, 0.2) is 253 Å². The maximum atomic E-state index is 6.29. The van der Waals surface area contributed by atoms with Crippen molar-refractivity contribution in [3.8, 4) is 11.3 Å². The van der Waals surface area contributed by atoms with Gasteiger partial charge in [0.2, 0.25) is 0 Å². The van der Waals surface area contributed by atoms with E-state index in [4.69, 9.17) is 11.0 Å². The summed E-state index contributed by atoms with van der Waals surface area (Å²) in [5.41, 5.74) is 12.6. The first-order valence-corrected chi connectivity index (χ1v) is 27.8. The first-order valence-electron chi connectivity index (χ1n) is 27.8. The number of hydrogen-bond acceptors (Lipinski definition) is 4. The molecule has 0 saturated carbocycles. The van der Waals surface area contributed by atoms with Crippen LogP contribution in [0.2, 0.25) is 0 Å². The highest BCUT2D eigenvalue weighted by Crippen LogP contribution is 2.35. The van der Waals surface area contributed by atoms with Crippen LogP contribution in [-0.2, 0) is 10.8 Å². The minimum Gasteiger partial charge on any atom is -0.456 e. The molecule has 6 aromatic rings. The Hall–Kier alpha value is -7.50. The van der Waals surface area contributed by atoms with Gasteiger partial charge in [-0.2, -0.15) is 0 Å². The van der Waals surface area contributed by atoms with Crippen LogP contribution in [0.5, 0.6) is 0 Å². The van der Waals surface area contributed by atoms with E-state index in [1.54, 1.807) is 0 Å². The number of allylic oxidation sites excluding steroid dienone is 11. The summed E-state index contributed by atoms with van der Waals surface area (Å²) < 4.78 is 6.29. The number of nitrogens with zero attached hydrogens (tertiary/aromatic N) is 2. The molecule has 5 aromatic carbocycles. The van der Waals surface area contributed by atoms with E-state index >= 15 is 0 Å². The van der Waals surface area contributed by atoms with Gasteiger partial charge in [0, 0.05) is 58.2 Å². The lowest BCUT2D eigenvalue weighted by Crippen LogP contribution is -2.25. The summed E-state index contributed by atoms with van der Waals surface area (Å²) in [6.45, 7) is 48.9. The van der Waals surface area contributed by atoms with Gasteiger partial charge in [0.05, 0.1) is 6.04 Å². The number of para-hydroxylation sites is 1. The first kappa shape index (κ1) is 59.7. The predicted octanol–water partition coefficient (Wildman–Crippen LogP) is 20.4. The molecule has 6 rings (SSSR count). The third kappa shape index (κ3) is 16.8. The van der Waals surface area contributed by atoms with E-state index < -0.39 is 0 Å². The zero-order valence-electron chi connectivity index (χ0n) is 49.7. The molecule has 1 N–H and O–H groups in total. The minimum absolute atomic E-state index is 0.00109. The molecule has 0 aliphatic rings. The van der Waals surface area contributed by atoms with Crippen molar-refractivity contribution in [2.45, 2.75) is 120 Å². The Bertz CT molecular complexity index is 3250. The highest BCUT2D eigenvalue weighted by Gasteiger charge is 2.20. The second-order valence-electron chi connectivity index (χ2n) is 25.0. The van der Waals surface area contributed by atoms with Gasteiger partial charge in [-0.3, -0.25) is 0 Å². The number of fused-ring (bicyclic) bond motifs is 2. The van der Waals surface area contributed by atoms with Crippen LogP contribution in [0.25, 0.3) is 33.1 Å². The molecular formula is C73H88BN3O. The van der Waals surface area contributed by atoms with Crippen molar-refractivity contribution in [1.82, 2.24) is 0 Å². The van der Waals surface area contributed by atoms with E-state index in [1.165, 1.54) is 11.1 Å². The Labute approximate surface area is 471 Å². The Morgan fingerprint density at radius 3 is 1.87 bits per heavy atom. The third-order valence-corrected chi connectivity index (χ3v) is 14.2. The second kappa shape index (κ2) is 25.8. The van der Waals surface area contributed by atoms with Crippen molar-refractivity contribution in [2.24, 2.45) is 16.7 Å². The summed E-state index contributed by atoms with van der Waals surface area (Å²) in [6, 6.07) is 41.1. The molecule has 78 heavy (non-hydrogen) atoms. The van der Waals surface area contributed by atoms with Crippen LogP contribution in [0.3, 0.4) is 0 Å². The lowest BCUT2D eigenvalue weighted by atomic mass is 9.77. The molecule has 0 amide bonds. The summed E-state index contributed by atoms with van der Waals surface area (Å²) in [5.74, 6) is 5.73. The van der Waals surface area contributed by atoms with Crippen LogP contribution in [0, 0.1) is 16.7 Å². The van der Waals surface area contributed by atoms with E-state index in [2.05, 4.69) is 302 Å². The largest absolute Gasteiger partial charge is 0.456 e. The Kier molecular flexibility index (Phi) is 19.7. The quantitative estimate of drug-likeness (QED) is 0.0575. The molecule has 1 unspecified atom stereocenters. The SMILES string of the molecule is C=C/C(=C\C=C\N(C(=C)CC(/C=C/N(C(/C=C\C(=C)C(C)(C)C)=C\B/C=C/C=C\C(=C)C(C)C)c1ccc(C(C)(C)C)cc1)Nc1ccc(C(C)(C)C)cc1)c1ccc2cc(-c3cc4ccccc4o3)ccc2c1)C(C)(C)C. The standard InChI is InChI=1S/C73H88BN3O/c1-19-60(71(10,11)12)27-24-45-76(66-40-32-56-48-59(31-30-57(56)49-66)69-50-58-26-20-21-28-68(58)78-69)55(6)47-64(75-63-37-33-61(34-38-63)72(13,14)15)43-46-77(65-41-35-62(36-42-65)73(16,17)18)67(39-29-54(5)70(7,8)9)51-74-44-23-22-25-53(4)52(2)3/h19-46,48-52,64,74-75H,1,4-6,47H2,2-3,7-18H3/b25-22-,39-29-,44-23+,45-24+,46-43+,60-27+,67-51-. The molecule has 0 radical (unpaired) electrons. The molecule has 1 heterocycles. The third-order valence-electron chi connectivity index (χ3n) is 14.2. The van der Waals surface area contributed by atoms with Crippen molar-refractivity contribution in [2.75, 3.05) is 15.1 Å². The first-order chi connectivity index (χ1) is 36.7. The normalized spacial score (nSPS) is 13.7. The van der Waals surface area contributed by atoms with Crippen molar-refractivity contribution in [3.05, 3.63) is 260 Å². The van der Waals surface area contributed by atoms with Gasteiger partial charge in [-0.1, -0.05) is 232 Å². The van der Waals surface area contributed by atoms with E-state index in [0.717, 1.165) is 78.2 Å². The van der Waals surface area contributed by atoms with Gasteiger partial charge in [0.15, 0.2) is 7.28 Å². The topological polar surface area (TPSA) is 31.6 Å². The van der Waals surface area contributed by atoms with Gasteiger partial charge in [-0.05, 0) is 133 Å². The molecule has 4 nitrogen and oxygen atoms in total. The van der Waals surface area contributed by atoms with Crippen LogP contribution in [0.1, 0.15) is 114 Å². The predicted molar refractivity (Wildman–Crippen MR) is 347 cm³/mol. The monoisotopic (exact) mass is 1030 g/mol. The summed E-state index contributed by atoms with van der Waals surface area (Å²) in [4.78, 5) is 4.53. The van der Waals surface area contributed by atoms with Gasteiger partial charge in [-0.25, -0.2) is 0 Å². The summed E-state index contributed by atoms with van der Waals surface area (Å²) >= 11 is 0. The number of rotatable bonds is 21. The molecule has 0 aliphatic carbocycles. The average Bonchev–Trinajstić information content (AvgIpc) is 3.83. The van der Waals surface area contributed by atoms with E-state index in [-0.39, 0.29) is 27.7 Å². The van der Waals surface area contributed by atoms with Crippen molar-refractivity contribution in [1.29, 1.82) is 0 Å². The van der Waals surface area contributed by atoms with Crippen LogP contribution in [0.4, 0.5) is 17.1 Å². The Morgan fingerprint density at radius 2 is 1.26 bits per heavy atom. The fourth-order valence-corrected chi connectivity index (χ4v) is 8.72. The van der Waals surface area contributed by atoms with Gasteiger partial charge in [-0.15, -0.1) is 5.98 Å². The molecule has 0 saturated heterocycles. The molecule has 0 bridgehead atoms. The molecule has 0 aliphatic heterocycles. The maximum Gasteiger partial charge on any atom is 0.176 e. The molecule has 5 heteroatoms. The smallest absolute Gasteiger partial charge is 0.176 e. The fraction of sp³-hybridized carbons (Fsp3) is 0.288. The highest BCUT2D eigenvalue weighted by molar-refractivity contribution is 6.48. The zero-order chi connectivity index (χ0) is 57.0. The number of anilines is 3. The van der Waals surface area contributed by atoms with Gasteiger partial charge in [0.25, 0.3) is 0 Å². The van der Waals surface area contributed by atoms with Crippen molar-refractivity contribution in [3.63, 3.8) is 0 Å². The molecule has 0 spiro atoms. The molecule has 404 valence electrons. The lowest BCUT2D eigenvalue weighted by molar-refractivity contribution is 0.517. The van der Waals surface area contributed by atoms with E-state index in [1.807, 2.05) is 24.3 Å². The fourth-order valence-electron chi connectivity index (χ4n) is 8.72. The lowest BCUT2D eigenvalue weighted by Gasteiger charge is -2.28. The van der Waals surface area contributed by atoms with Crippen LogP contribution in [-0.4, -0.2) is 13.3 Å². The Balaban J connectivity index is 1.47. The van der Waals surface area contributed by atoms with Crippen LogP contribution >= 0.6 is 0 Å². The zero-order valence-corrected chi connectivity index (χ0v) is 49.7. The summed E-state index contributed by atoms with van der Waals surface area (Å²) in [7, 11) is 0.717. The van der Waals surface area contributed by atoms with Gasteiger partial charge < -0.3 is 19.5 Å². The summed E-state index contributed by atoms with van der Waals surface area (Å²) in [6.07, 6.45) is 24.1. The van der Waals surface area contributed by atoms with E-state index in [9.17, 15) is 0 Å². The molecule has 0 fully saturated rings. The number of benzene rings is 5. The second-order valence-corrected chi connectivity index (χ2v) is 25.0. The van der Waals surface area contributed by atoms with Gasteiger partial charge >= 0.3 is 0 Å². The van der Waals surface area contributed by atoms with Crippen molar-refractivity contribution >= 4 is 46.1 Å². The number of hydrogen-bond donors (Lipinski definition) is 1. The molecule has 1 aromatic heterocycles. The Morgan fingerprint density at radius 1 is 0.628 bits per heavy atom. The number of nitrogens with one attached hydrogen (secondary N) is 1. The highest BCUT2D eigenvalue weighted by atomic mass is 16.3. The minimum atomic E-state index is -0.195. The van der Waals surface area contributed by atoms with Crippen molar-refractivity contribution < 1.29 is 4.42 Å². The van der Waals surface area contributed by atoms with Gasteiger partial charge in [0.1, 0.15) is 11.3 Å². The average molecular weight is 1030 g/mol.